The van der Waals surface area contributed by atoms with Crippen LogP contribution in [0, 0.1) is 13.8 Å². The third kappa shape index (κ3) is 2.90. The number of benzene rings is 2. The van der Waals surface area contributed by atoms with Crippen LogP contribution >= 0.6 is 0 Å². The van der Waals surface area contributed by atoms with Crippen LogP contribution in [0.4, 0.5) is 5.69 Å². The topological polar surface area (TPSA) is 35.2 Å². The van der Waals surface area contributed by atoms with E-state index in [4.69, 9.17) is 10.5 Å². The fourth-order valence-corrected chi connectivity index (χ4v) is 3.19. The van der Waals surface area contributed by atoms with Crippen molar-refractivity contribution in [2.45, 2.75) is 39.0 Å². The third-order valence-corrected chi connectivity index (χ3v) is 4.50. The monoisotopic (exact) mass is 281 g/mol. The number of nitrogens with two attached hydrogens (primary N) is 1. The van der Waals surface area contributed by atoms with E-state index in [-0.39, 0.29) is 0 Å². The highest BCUT2D eigenvalue weighted by Gasteiger charge is 2.20. The van der Waals surface area contributed by atoms with Crippen molar-refractivity contribution < 1.29 is 4.74 Å². The van der Waals surface area contributed by atoms with Crippen molar-refractivity contribution in [3.8, 4) is 5.75 Å². The molecule has 1 atom stereocenters. The maximum atomic E-state index is 6.11. The number of nitrogen functional groups attached to an aromatic ring is 1. The van der Waals surface area contributed by atoms with Crippen molar-refractivity contribution in [3.63, 3.8) is 0 Å². The van der Waals surface area contributed by atoms with Crippen LogP contribution in [-0.2, 0) is 6.42 Å². The molecule has 2 nitrogen and oxygen atoms in total. The average molecular weight is 281 g/mol. The predicted octanol–water partition coefficient (Wildman–Crippen LogP) is 4.38. The van der Waals surface area contributed by atoms with Crippen LogP contribution in [0.2, 0.25) is 0 Å². The minimum absolute atomic E-state index is 0.507. The van der Waals surface area contributed by atoms with Gasteiger partial charge in [0.1, 0.15) is 5.75 Å². The molecule has 2 aromatic rings. The number of aryl methyl sites for hydroxylation is 3. The highest BCUT2D eigenvalue weighted by Crippen LogP contribution is 2.33. The maximum Gasteiger partial charge on any atom is 0.122 e. The Morgan fingerprint density at radius 3 is 2.81 bits per heavy atom. The Labute approximate surface area is 126 Å². The quantitative estimate of drug-likeness (QED) is 0.847. The van der Waals surface area contributed by atoms with Gasteiger partial charge in [0.25, 0.3) is 0 Å². The van der Waals surface area contributed by atoms with Gasteiger partial charge >= 0.3 is 0 Å². The van der Waals surface area contributed by atoms with Gasteiger partial charge in [-0.3, -0.25) is 0 Å². The van der Waals surface area contributed by atoms with E-state index in [1.165, 1.54) is 30.4 Å². The number of fused-ring (bicyclic) bond motifs is 1. The molecule has 110 valence electrons. The van der Waals surface area contributed by atoms with Gasteiger partial charge in [-0.25, -0.2) is 0 Å². The van der Waals surface area contributed by atoms with Gasteiger partial charge in [-0.15, -0.1) is 0 Å². The Balaban J connectivity index is 1.76. The van der Waals surface area contributed by atoms with Gasteiger partial charge in [-0.1, -0.05) is 24.3 Å². The number of anilines is 1. The first-order valence-electron chi connectivity index (χ1n) is 7.72. The molecule has 0 bridgehead atoms. The SMILES string of the molecule is Cc1cc(OCC2CCCc3ccccc32)c(C)cc1N. The molecule has 0 aliphatic heterocycles. The molecule has 0 radical (unpaired) electrons. The second-order valence-corrected chi connectivity index (χ2v) is 6.07. The summed E-state index contributed by atoms with van der Waals surface area (Å²) in [5.74, 6) is 1.47. The van der Waals surface area contributed by atoms with E-state index in [0.29, 0.717) is 5.92 Å². The lowest BCUT2D eigenvalue weighted by Crippen LogP contribution is -2.17. The molecule has 1 aliphatic carbocycles. The summed E-state index contributed by atoms with van der Waals surface area (Å²) in [6.45, 7) is 4.83. The molecular weight excluding hydrogens is 258 g/mol. The summed E-state index contributed by atoms with van der Waals surface area (Å²) in [5, 5.41) is 0. The fourth-order valence-electron chi connectivity index (χ4n) is 3.19. The molecule has 0 saturated heterocycles. The van der Waals surface area contributed by atoms with Crippen molar-refractivity contribution in [3.05, 3.63) is 58.7 Å². The van der Waals surface area contributed by atoms with E-state index < -0.39 is 0 Å². The molecule has 0 aromatic heterocycles. The summed E-state index contributed by atoms with van der Waals surface area (Å²) < 4.78 is 6.11. The van der Waals surface area contributed by atoms with Gasteiger partial charge < -0.3 is 10.5 Å². The van der Waals surface area contributed by atoms with Gasteiger partial charge in [-0.05, 0) is 67.5 Å². The number of rotatable bonds is 3. The summed E-state index contributed by atoms with van der Waals surface area (Å²) >= 11 is 0. The molecule has 0 spiro atoms. The standard InChI is InChI=1S/C19H23NO/c1-13-11-19(14(2)10-18(13)20)21-12-16-8-5-7-15-6-3-4-9-17(15)16/h3-4,6,9-11,16H,5,7-8,12,20H2,1-2H3. The Morgan fingerprint density at radius 1 is 1.14 bits per heavy atom. The molecule has 3 rings (SSSR count). The zero-order chi connectivity index (χ0) is 14.8. The first-order valence-corrected chi connectivity index (χ1v) is 7.72. The van der Waals surface area contributed by atoms with Crippen molar-refractivity contribution in [2.24, 2.45) is 0 Å². The summed E-state index contributed by atoms with van der Waals surface area (Å²) in [6.07, 6.45) is 3.67. The van der Waals surface area contributed by atoms with Crippen LogP contribution in [0.25, 0.3) is 0 Å². The van der Waals surface area contributed by atoms with Crippen molar-refractivity contribution >= 4 is 5.69 Å². The van der Waals surface area contributed by atoms with Gasteiger partial charge in [0.15, 0.2) is 0 Å². The minimum atomic E-state index is 0.507. The lowest BCUT2D eigenvalue weighted by Gasteiger charge is -2.26. The average Bonchev–Trinajstić information content (AvgIpc) is 2.49. The Kier molecular flexibility index (Phi) is 3.87. The van der Waals surface area contributed by atoms with Crippen LogP contribution in [-0.4, -0.2) is 6.61 Å². The highest BCUT2D eigenvalue weighted by atomic mass is 16.5. The molecule has 0 amide bonds. The lowest BCUT2D eigenvalue weighted by atomic mass is 9.83. The van der Waals surface area contributed by atoms with E-state index in [2.05, 4.69) is 37.3 Å². The summed E-state index contributed by atoms with van der Waals surface area (Å²) in [7, 11) is 0. The minimum Gasteiger partial charge on any atom is -0.493 e. The fraction of sp³-hybridized carbons (Fsp3) is 0.368. The normalized spacial score (nSPS) is 17.3. The molecule has 1 unspecified atom stereocenters. The highest BCUT2D eigenvalue weighted by molar-refractivity contribution is 5.53. The van der Waals surface area contributed by atoms with Crippen molar-refractivity contribution in [1.29, 1.82) is 0 Å². The second kappa shape index (κ2) is 5.80. The summed E-state index contributed by atoms with van der Waals surface area (Å²) in [5.41, 5.74) is 11.9. The third-order valence-electron chi connectivity index (χ3n) is 4.50. The lowest BCUT2D eigenvalue weighted by molar-refractivity contribution is 0.273. The van der Waals surface area contributed by atoms with Gasteiger partial charge in [-0.2, -0.15) is 0 Å². The molecule has 2 aromatic carbocycles. The smallest absolute Gasteiger partial charge is 0.122 e. The Bertz CT molecular complexity index is 648. The maximum absolute atomic E-state index is 6.11. The largest absolute Gasteiger partial charge is 0.493 e. The Hall–Kier alpha value is -1.96. The number of ether oxygens (including phenoxy) is 1. The van der Waals surface area contributed by atoms with Crippen LogP contribution in [0.1, 0.15) is 41.0 Å². The molecule has 0 fully saturated rings. The first-order chi connectivity index (χ1) is 10.1. The van der Waals surface area contributed by atoms with Crippen LogP contribution < -0.4 is 10.5 Å². The van der Waals surface area contributed by atoms with E-state index >= 15 is 0 Å². The second-order valence-electron chi connectivity index (χ2n) is 6.07. The van der Waals surface area contributed by atoms with Crippen LogP contribution in [0.15, 0.2) is 36.4 Å². The molecule has 21 heavy (non-hydrogen) atoms. The summed E-state index contributed by atoms with van der Waals surface area (Å²) in [4.78, 5) is 0. The first kappa shape index (κ1) is 14.0. The summed E-state index contributed by atoms with van der Waals surface area (Å²) in [6, 6.07) is 12.8. The molecule has 0 saturated carbocycles. The predicted molar refractivity (Wildman–Crippen MR) is 87.9 cm³/mol. The van der Waals surface area contributed by atoms with E-state index in [9.17, 15) is 0 Å². The molecule has 0 heterocycles. The van der Waals surface area contributed by atoms with E-state index in [1.807, 2.05) is 13.0 Å². The van der Waals surface area contributed by atoms with Crippen molar-refractivity contribution in [2.75, 3.05) is 12.3 Å². The number of hydrogen-bond donors (Lipinski definition) is 1. The molecule has 2 N–H and O–H groups in total. The molecule has 2 heteroatoms. The van der Waals surface area contributed by atoms with E-state index in [0.717, 1.165) is 29.2 Å². The zero-order valence-corrected chi connectivity index (χ0v) is 12.9. The van der Waals surface area contributed by atoms with E-state index in [1.54, 1.807) is 0 Å². The molecular formula is C19H23NO. The van der Waals surface area contributed by atoms with Gasteiger partial charge in [0, 0.05) is 11.6 Å². The van der Waals surface area contributed by atoms with Crippen LogP contribution in [0.5, 0.6) is 5.75 Å². The Morgan fingerprint density at radius 2 is 1.95 bits per heavy atom. The number of hydrogen-bond acceptors (Lipinski definition) is 2. The van der Waals surface area contributed by atoms with Crippen molar-refractivity contribution in [1.82, 2.24) is 0 Å². The molecule has 1 aliphatic rings. The van der Waals surface area contributed by atoms with Gasteiger partial charge in [0.2, 0.25) is 0 Å². The zero-order valence-electron chi connectivity index (χ0n) is 12.9. The van der Waals surface area contributed by atoms with Gasteiger partial charge in [0.05, 0.1) is 6.61 Å². The van der Waals surface area contributed by atoms with Crippen LogP contribution in [0.3, 0.4) is 0 Å².